The number of rotatable bonds is 3. The molecule has 5 heteroatoms. The molecule has 1 atom stereocenters. The average Bonchev–Trinajstić information content (AvgIpc) is 2.64. The molecule has 3 nitrogen and oxygen atoms in total. The summed E-state index contributed by atoms with van der Waals surface area (Å²) in [5.74, 6) is -1.09. The van der Waals surface area contributed by atoms with Crippen molar-refractivity contribution < 1.29 is 8.78 Å². The van der Waals surface area contributed by atoms with Gasteiger partial charge in [-0.1, -0.05) is 30.3 Å². The minimum atomic E-state index is -0.563. The molecule has 1 saturated heterocycles. The molecule has 1 unspecified atom stereocenters. The maximum atomic E-state index is 14.5. The zero-order valence-electron chi connectivity index (χ0n) is 13.8. The van der Waals surface area contributed by atoms with Crippen molar-refractivity contribution >= 4 is 10.9 Å². The smallest absolute Gasteiger partial charge is 0.131 e. The summed E-state index contributed by atoms with van der Waals surface area (Å²) in [5.41, 5.74) is 2.12. The lowest BCUT2D eigenvalue weighted by molar-refractivity contribution is 0.192. The molecule has 128 valence electrons. The molecular weight excluding hydrogens is 320 g/mol. The summed E-state index contributed by atoms with van der Waals surface area (Å²) in [6, 6.07) is 15.3. The van der Waals surface area contributed by atoms with Crippen molar-refractivity contribution in [2.45, 2.75) is 6.04 Å². The van der Waals surface area contributed by atoms with E-state index in [0.717, 1.165) is 48.8 Å². The molecule has 4 rings (SSSR count). The Labute approximate surface area is 145 Å². The van der Waals surface area contributed by atoms with E-state index in [-0.39, 0.29) is 6.04 Å². The predicted molar refractivity (Wildman–Crippen MR) is 94.4 cm³/mol. The Kier molecular flexibility index (Phi) is 4.42. The molecule has 2 aromatic carbocycles. The van der Waals surface area contributed by atoms with Crippen molar-refractivity contribution in [3.8, 4) is 0 Å². The van der Waals surface area contributed by atoms with E-state index >= 15 is 0 Å². The molecule has 0 bridgehead atoms. The molecule has 1 aliphatic heterocycles. The third-order valence-electron chi connectivity index (χ3n) is 4.67. The van der Waals surface area contributed by atoms with E-state index in [0.29, 0.717) is 5.56 Å². The van der Waals surface area contributed by atoms with Crippen LogP contribution in [0.2, 0.25) is 0 Å². The van der Waals surface area contributed by atoms with Gasteiger partial charge in [0.2, 0.25) is 0 Å². The van der Waals surface area contributed by atoms with E-state index in [9.17, 15) is 8.78 Å². The predicted octanol–water partition coefficient (Wildman–Crippen LogP) is 3.51. The minimum Gasteiger partial charge on any atom is -0.314 e. The van der Waals surface area contributed by atoms with E-state index < -0.39 is 11.6 Å². The zero-order chi connectivity index (χ0) is 17.2. The van der Waals surface area contributed by atoms with Gasteiger partial charge >= 0.3 is 0 Å². The van der Waals surface area contributed by atoms with Crippen LogP contribution in [0.1, 0.15) is 17.3 Å². The van der Waals surface area contributed by atoms with Crippen molar-refractivity contribution in [3.63, 3.8) is 0 Å². The van der Waals surface area contributed by atoms with Crippen LogP contribution in [0, 0.1) is 11.6 Å². The van der Waals surface area contributed by atoms with Crippen molar-refractivity contribution in [2.75, 3.05) is 26.2 Å². The summed E-state index contributed by atoms with van der Waals surface area (Å²) >= 11 is 0. The number of hydrogen-bond acceptors (Lipinski definition) is 3. The van der Waals surface area contributed by atoms with Gasteiger partial charge in [0.15, 0.2) is 0 Å². The second kappa shape index (κ2) is 6.86. The first-order chi connectivity index (χ1) is 12.2. The van der Waals surface area contributed by atoms with Crippen LogP contribution in [-0.2, 0) is 0 Å². The van der Waals surface area contributed by atoms with Crippen molar-refractivity contribution in [3.05, 3.63) is 77.5 Å². The molecule has 1 aliphatic rings. The van der Waals surface area contributed by atoms with Crippen LogP contribution in [0.25, 0.3) is 10.9 Å². The summed E-state index contributed by atoms with van der Waals surface area (Å²) in [4.78, 5) is 6.97. The molecule has 0 amide bonds. The summed E-state index contributed by atoms with van der Waals surface area (Å²) in [5, 5.41) is 4.36. The summed E-state index contributed by atoms with van der Waals surface area (Å²) < 4.78 is 27.9. The van der Waals surface area contributed by atoms with Crippen molar-refractivity contribution in [1.82, 2.24) is 15.2 Å². The number of nitrogens with one attached hydrogen (secondary N) is 1. The molecule has 25 heavy (non-hydrogen) atoms. The number of pyridine rings is 1. The number of benzene rings is 2. The molecule has 0 radical (unpaired) electrons. The van der Waals surface area contributed by atoms with Crippen LogP contribution >= 0.6 is 0 Å². The molecule has 1 fully saturated rings. The SMILES string of the molecule is Fc1ccc(C(c2ccc3ccccc3n2)N2CCNCC2)c(F)c1. The van der Waals surface area contributed by atoms with Crippen LogP contribution in [0.5, 0.6) is 0 Å². The lowest BCUT2D eigenvalue weighted by Crippen LogP contribution is -2.45. The Morgan fingerprint density at radius 2 is 1.76 bits per heavy atom. The highest BCUT2D eigenvalue weighted by Crippen LogP contribution is 2.31. The Balaban J connectivity index is 1.83. The van der Waals surface area contributed by atoms with E-state index in [2.05, 4.69) is 10.2 Å². The number of para-hydroxylation sites is 1. The van der Waals surface area contributed by atoms with Crippen molar-refractivity contribution in [2.24, 2.45) is 0 Å². The van der Waals surface area contributed by atoms with Gasteiger partial charge in [-0.3, -0.25) is 9.88 Å². The summed E-state index contributed by atoms with van der Waals surface area (Å²) in [7, 11) is 0. The van der Waals surface area contributed by atoms with Gasteiger partial charge in [0.05, 0.1) is 17.3 Å². The van der Waals surface area contributed by atoms with Crippen LogP contribution < -0.4 is 5.32 Å². The molecule has 0 aliphatic carbocycles. The second-order valence-corrected chi connectivity index (χ2v) is 6.28. The highest BCUT2D eigenvalue weighted by atomic mass is 19.1. The number of fused-ring (bicyclic) bond motifs is 1. The first kappa shape index (κ1) is 16.1. The van der Waals surface area contributed by atoms with Gasteiger partial charge in [-0.15, -0.1) is 0 Å². The average molecular weight is 339 g/mol. The van der Waals surface area contributed by atoms with E-state index in [4.69, 9.17) is 4.98 Å². The fourth-order valence-corrected chi connectivity index (χ4v) is 3.44. The number of piperazine rings is 1. The first-order valence-corrected chi connectivity index (χ1v) is 8.48. The van der Waals surface area contributed by atoms with E-state index in [1.807, 2.05) is 36.4 Å². The fraction of sp³-hybridized carbons (Fsp3) is 0.250. The molecule has 0 saturated carbocycles. The largest absolute Gasteiger partial charge is 0.314 e. The Hall–Kier alpha value is -2.37. The second-order valence-electron chi connectivity index (χ2n) is 6.28. The fourth-order valence-electron chi connectivity index (χ4n) is 3.44. The maximum absolute atomic E-state index is 14.5. The van der Waals surface area contributed by atoms with Gasteiger partial charge in [0.25, 0.3) is 0 Å². The quantitative estimate of drug-likeness (QED) is 0.791. The molecule has 1 aromatic heterocycles. The highest BCUT2D eigenvalue weighted by molar-refractivity contribution is 5.78. The lowest BCUT2D eigenvalue weighted by Gasteiger charge is -2.35. The molecular formula is C20H19F2N3. The Bertz CT molecular complexity index is 891. The van der Waals surface area contributed by atoms with E-state index in [1.54, 1.807) is 0 Å². The summed E-state index contributed by atoms with van der Waals surface area (Å²) in [6.07, 6.45) is 0. The van der Waals surface area contributed by atoms with Crippen LogP contribution in [-0.4, -0.2) is 36.1 Å². The van der Waals surface area contributed by atoms with Gasteiger partial charge in [-0.25, -0.2) is 8.78 Å². The molecule has 2 heterocycles. The lowest BCUT2D eigenvalue weighted by atomic mass is 9.99. The van der Waals surface area contributed by atoms with Gasteiger partial charge in [-0.05, 0) is 18.2 Å². The number of aromatic nitrogens is 1. The number of hydrogen-bond donors (Lipinski definition) is 1. The van der Waals surface area contributed by atoms with Gasteiger partial charge < -0.3 is 5.32 Å². The van der Waals surface area contributed by atoms with Crippen LogP contribution in [0.15, 0.2) is 54.6 Å². The monoisotopic (exact) mass is 339 g/mol. The molecule has 0 spiro atoms. The number of nitrogens with zero attached hydrogens (tertiary/aromatic N) is 2. The van der Waals surface area contributed by atoms with Gasteiger partial charge in [0.1, 0.15) is 11.6 Å². The third-order valence-corrected chi connectivity index (χ3v) is 4.67. The third kappa shape index (κ3) is 3.25. The Morgan fingerprint density at radius 3 is 2.56 bits per heavy atom. The minimum absolute atomic E-state index is 0.327. The van der Waals surface area contributed by atoms with E-state index in [1.165, 1.54) is 12.1 Å². The van der Waals surface area contributed by atoms with Gasteiger partial charge in [0, 0.05) is 43.2 Å². The van der Waals surface area contributed by atoms with Gasteiger partial charge in [-0.2, -0.15) is 0 Å². The summed E-state index contributed by atoms with van der Waals surface area (Å²) in [6.45, 7) is 3.26. The van der Waals surface area contributed by atoms with Crippen LogP contribution in [0.4, 0.5) is 8.78 Å². The van der Waals surface area contributed by atoms with Crippen molar-refractivity contribution in [1.29, 1.82) is 0 Å². The standard InChI is InChI=1S/C20H19F2N3/c21-15-6-7-16(17(22)13-15)20(25-11-9-23-10-12-25)19-8-5-14-3-1-2-4-18(14)24-19/h1-8,13,20,23H,9-12H2. The normalized spacial score (nSPS) is 16.9. The number of halogens is 2. The zero-order valence-corrected chi connectivity index (χ0v) is 13.8. The Morgan fingerprint density at radius 1 is 0.960 bits per heavy atom. The van der Waals surface area contributed by atoms with Crippen LogP contribution in [0.3, 0.4) is 0 Å². The maximum Gasteiger partial charge on any atom is 0.131 e. The molecule has 1 N–H and O–H groups in total. The first-order valence-electron chi connectivity index (χ1n) is 8.48. The topological polar surface area (TPSA) is 28.2 Å². The highest BCUT2D eigenvalue weighted by Gasteiger charge is 2.27. The molecule has 3 aromatic rings.